The Kier molecular flexibility index (Phi) is 2.59. The third-order valence-corrected chi connectivity index (χ3v) is 2.14. The van der Waals surface area contributed by atoms with Crippen molar-refractivity contribution in [1.29, 1.82) is 0 Å². The van der Waals surface area contributed by atoms with Gasteiger partial charge in [-0.05, 0) is 0 Å². The summed E-state index contributed by atoms with van der Waals surface area (Å²) in [6.45, 7) is 0. The highest BCUT2D eigenvalue weighted by molar-refractivity contribution is 6.49. The summed E-state index contributed by atoms with van der Waals surface area (Å²) in [6.07, 6.45) is -0.151. The van der Waals surface area contributed by atoms with Crippen LogP contribution in [0.25, 0.3) is 0 Å². The van der Waals surface area contributed by atoms with Gasteiger partial charge >= 0.3 is 6.03 Å². The largest absolute Gasteiger partial charge is 0.348 e. The Hall–Kier alpha value is -2.30. The molecule has 1 aromatic carbocycles. The second-order valence-electron chi connectivity index (χ2n) is 3.28. The number of benzene rings is 1. The molecule has 1 aliphatic heterocycles. The molecule has 5 nitrogen and oxygen atoms in total. The van der Waals surface area contributed by atoms with E-state index < -0.39 is 11.9 Å². The summed E-state index contributed by atoms with van der Waals surface area (Å²) in [5, 5.41) is 1.99. The van der Waals surface area contributed by atoms with Crippen molar-refractivity contribution in [2.24, 2.45) is 4.99 Å². The number of hydrogen-bond acceptors (Lipinski definition) is 3. The Morgan fingerprint density at radius 3 is 2.44 bits per heavy atom. The van der Waals surface area contributed by atoms with Crippen LogP contribution in [0.1, 0.15) is 16.8 Å². The minimum absolute atomic E-state index is 0.0288. The minimum atomic E-state index is -0.708. The summed E-state index contributed by atoms with van der Waals surface area (Å²) in [4.78, 5) is 37.0. The van der Waals surface area contributed by atoms with Crippen molar-refractivity contribution < 1.29 is 14.4 Å². The lowest BCUT2D eigenvalue weighted by atomic mass is 10.1. The molecule has 0 radical (unpaired) electrons. The van der Waals surface area contributed by atoms with Crippen LogP contribution >= 0.6 is 0 Å². The number of nitrogens with zero attached hydrogens (tertiary/aromatic N) is 1. The topological polar surface area (TPSA) is 75.6 Å². The summed E-state index contributed by atoms with van der Waals surface area (Å²) >= 11 is 0. The molecular weight excluding hydrogens is 208 g/mol. The van der Waals surface area contributed by atoms with E-state index in [2.05, 4.69) is 4.99 Å². The Bertz CT molecular complexity index is 491. The Balaban J connectivity index is 2.12. The average Bonchev–Trinajstić information content (AvgIpc) is 2.59. The van der Waals surface area contributed by atoms with E-state index in [1.807, 2.05) is 5.32 Å². The van der Waals surface area contributed by atoms with Gasteiger partial charge in [0.05, 0.1) is 6.42 Å². The van der Waals surface area contributed by atoms with Gasteiger partial charge < -0.3 is 0 Å². The molecule has 0 spiro atoms. The Morgan fingerprint density at radius 2 is 1.88 bits per heavy atom. The van der Waals surface area contributed by atoms with Gasteiger partial charge in [0.2, 0.25) is 0 Å². The number of aliphatic imine (C=N–C) groups is 1. The molecule has 0 fully saturated rings. The predicted octanol–water partition coefficient (Wildman–Crippen LogP) is 0.950. The van der Waals surface area contributed by atoms with Crippen molar-refractivity contribution in [3.05, 3.63) is 35.9 Å². The van der Waals surface area contributed by atoms with E-state index in [0.717, 1.165) is 0 Å². The maximum atomic E-state index is 11.7. The van der Waals surface area contributed by atoms with Gasteiger partial charge in [0.15, 0.2) is 5.78 Å². The van der Waals surface area contributed by atoms with Crippen LogP contribution in [-0.4, -0.2) is 23.4 Å². The third kappa shape index (κ3) is 2.03. The molecule has 0 bridgehead atoms. The van der Waals surface area contributed by atoms with Gasteiger partial charge in [0.1, 0.15) is 5.71 Å². The first-order chi connectivity index (χ1) is 7.66. The van der Waals surface area contributed by atoms with Crippen LogP contribution in [0.2, 0.25) is 0 Å². The fraction of sp³-hybridized carbons (Fsp3) is 0.0909. The molecule has 5 heteroatoms. The highest BCUT2D eigenvalue weighted by atomic mass is 16.2. The van der Waals surface area contributed by atoms with Crippen LogP contribution in [0, 0.1) is 0 Å². The van der Waals surface area contributed by atoms with Crippen molar-refractivity contribution in [2.75, 3.05) is 0 Å². The maximum Gasteiger partial charge on any atom is 0.348 e. The highest BCUT2D eigenvalue weighted by Gasteiger charge is 2.25. The van der Waals surface area contributed by atoms with E-state index in [0.29, 0.717) is 5.56 Å². The van der Waals surface area contributed by atoms with Crippen LogP contribution < -0.4 is 5.32 Å². The van der Waals surface area contributed by atoms with Crippen molar-refractivity contribution in [1.82, 2.24) is 5.32 Å². The summed E-state index contributed by atoms with van der Waals surface area (Å²) in [5.41, 5.74) is 0.469. The lowest BCUT2D eigenvalue weighted by molar-refractivity contribution is -0.113. The van der Waals surface area contributed by atoms with Crippen molar-refractivity contribution >= 4 is 23.4 Å². The first-order valence-electron chi connectivity index (χ1n) is 4.68. The molecule has 2 rings (SSSR count). The first-order valence-corrected chi connectivity index (χ1v) is 4.68. The molecular formula is C11H8N2O3. The van der Waals surface area contributed by atoms with Gasteiger partial charge in [-0.1, -0.05) is 30.3 Å². The number of ketones is 1. The number of hydrogen-bond donors (Lipinski definition) is 1. The summed E-state index contributed by atoms with van der Waals surface area (Å²) in [6, 6.07) is 7.85. The average molecular weight is 216 g/mol. The van der Waals surface area contributed by atoms with Crippen LogP contribution in [0.3, 0.4) is 0 Å². The summed E-state index contributed by atoms with van der Waals surface area (Å²) in [7, 11) is 0. The lowest BCUT2D eigenvalue weighted by Crippen LogP contribution is -2.26. The van der Waals surface area contributed by atoms with Crippen LogP contribution in [0.4, 0.5) is 4.79 Å². The van der Waals surface area contributed by atoms with Gasteiger partial charge in [-0.2, -0.15) is 4.99 Å². The predicted molar refractivity (Wildman–Crippen MR) is 56.4 cm³/mol. The van der Waals surface area contributed by atoms with E-state index >= 15 is 0 Å². The number of Topliss-reactive ketones (excluding diaryl/α,β-unsaturated/α-hetero) is 1. The van der Waals surface area contributed by atoms with Gasteiger partial charge in [0.25, 0.3) is 5.91 Å². The molecule has 80 valence electrons. The summed E-state index contributed by atoms with van der Waals surface area (Å²) < 4.78 is 0. The number of rotatable bonds is 3. The maximum absolute atomic E-state index is 11.7. The molecule has 1 aliphatic rings. The SMILES string of the molecule is O=C1N=C(CC(=O)c2ccccc2)C(=O)N1. The number of carbonyl (C=O) groups is 3. The van der Waals surface area contributed by atoms with Crippen LogP contribution in [0.15, 0.2) is 35.3 Å². The highest BCUT2D eigenvalue weighted by Crippen LogP contribution is 2.06. The molecule has 0 aromatic heterocycles. The number of nitrogens with one attached hydrogen (secondary N) is 1. The van der Waals surface area contributed by atoms with E-state index in [-0.39, 0.29) is 17.9 Å². The zero-order valence-corrected chi connectivity index (χ0v) is 8.27. The van der Waals surface area contributed by atoms with E-state index in [1.54, 1.807) is 30.3 Å². The number of amides is 3. The van der Waals surface area contributed by atoms with E-state index in [1.165, 1.54) is 0 Å². The van der Waals surface area contributed by atoms with Gasteiger partial charge in [-0.15, -0.1) is 0 Å². The van der Waals surface area contributed by atoms with Crippen molar-refractivity contribution in [3.63, 3.8) is 0 Å². The second kappa shape index (κ2) is 4.06. The van der Waals surface area contributed by atoms with Crippen LogP contribution in [-0.2, 0) is 4.79 Å². The zero-order valence-electron chi connectivity index (χ0n) is 8.27. The smallest absolute Gasteiger partial charge is 0.294 e. The normalized spacial score (nSPS) is 14.6. The molecule has 1 N–H and O–H groups in total. The van der Waals surface area contributed by atoms with Gasteiger partial charge in [-0.3, -0.25) is 14.9 Å². The lowest BCUT2D eigenvalue weighted by Gasteiger charge is -1.98. The van der Waals surface area contributed by atoms with E-state index in [4.69, 9.17) is 0 Å². The Labute approximate surface area is 91.2 Å². The Morgan fingerprint density at radius 1 is 1.19 bits per heavy atom. The number of urea groups is 1. The fourth-order valence-corrected chi connectivity index (χ4v) is 1.37. The standard InChI is InChI=1S/C11H8N2O3/c14-9(7-4-2-1-3-5-7)6-8-10(15)13-11(16)12-8/h1-5H,6H2,(H,13,15,16). The quantitative estimate of drug-likeness (QED) is 0.764. The third-order valence-electron chi connectivity index (χ3n) is 2.14. The molecule has 1 heterocycles. The van der Waals surface area contributed by atoms with E-state index in [9.17, 15) is 14.4 Å². The van der Waals surface area contributed by atoms with Gasteiger partial charge in [0, 0.05) is 5.56 Å². The molecule has 1 aromatic rings. The van der Waals surface area contributed by atoms with Crippen molar-refractivity contribution in [3.8, 4) is 0 Å². The molecule has 0 saturated carbocycles. The molecule has 0 aliphatic carbocycles. The summed E-state index contributed by atoms with van der Waals surface area (Å²) in [5.74, 6) is -0.821. The number of imide groups is 1. The molecule has 0 saturated heterocycles. The van der Waals surface area contributed by atoms with Gasteiger partial charge in [-0.25, -0.2) is 4.79 Å². The fourth-order valence-electron chi connectivity index (χ4n) is 1.37. The van der Waals surface area contributed by atoms with Crippen LogP contribution in [0.5, 0.6) is 0 Å². The minimum Gasteiger partial charge on any atom is -0.294 e. The van der Waals surface area contributed by atoms with Crippen molar-refractivity contribution in [2.45, 2.75) is 6.42 Å². The molecule has 3 amide bonds. The monoisotopic (exact) mass is 216 g/mol. The second-order valence-corrected chi connectivity index (χ2v) is 3.28. The number of carbonyl (C=O) groups excluding carboxylic acids is 3. The zero-order chi connectivity index (χ0) is 11.5. The molecule has 0 unspecified atom stereocenters. The molecule has 16 heavy (non-hydrogen) atoms. The molecule has 0 atom stereocenters. The first kappa shape index (κ1) is 10.2.